The Morgan fingerprint density at radius 3 is 2.47 bits per heavy atom. The van der Waals surface area contributed by atoms with Crippen molar-refractivity contribution < 1.29 is 14.6 Å². The first-order valence-electron chi connectivity index (χ1n) is 7.60. The van der Waals surface area contributed by atoms with Crippen LogP contribution in [0.2, 0.25) is 0 Å². The summed E-state index contributed by atoms with van der Waals surface area (Å²) in [6.45, 7) is 8.83. The Hall–Kier alpha value is -0.570. The lowest BCUT2D eigenvalue weighted by Crippen LogP contribution is -2.59. The van der Waals surface area contributed by atoms with Crippen molar-refractivity contribution in [2.45, 2.75) is 71.5 Å². The highest BCUT2D eigenvalue weighted by Crippen LogP contribution is 2.64. The van der Waals surface area contributed by atoms with Gasteiger partial charge in [-0.1, -0.05) is 20.8 Å². The predicted molar refractivity (Wildman–Crippen MR) is 72.5 cm³/mol. The van der Waals surface area contributed by atoms with Crippen LogP contribution in [-0.2, 0) is 9.53 Å². The summed E-state index contributed by atoms with van der Waals surface area (Å²) in [7, 11) is 0. The molecule has 0 aromatic heterocycles. The Morgan fingerprint density at radius 2 is 1.79 bits per heavy atom. The van der Waals surface area contributed by atoms with Crippen molar-refractivity contribution in [1.29, 1.82) is 0 Å². The van der Waals surface area contributed by atoms with Crippen molar-refractivity contribution >= 4 is 5.97 Å². The van der Waals surface area contributed by atoms with E-state index in [2.05, 4.69) is 27.7 Å². The Balaban J connectivity index is 2.00. The van der Waals surface area contributed by atoms with Gasteiger partial charge >= 0.3 is 5.97 Å². The van der Waals surface area contributed by atoms with E-state index < -0.39 is 0 Å². The average molecular weight is 266 g/mol. The molecule has 0 spiro atoms. The third kappa shape index (κ3) is 1.63. The molecule has 1 N–H and O–H groups in total. The second-order valence-corrected chi connectivity index (χ2v) is 8.02. The molecule has 2 saturated carbocycles. The van der Waals surface area contributed by atoms with Gasteiger partial charge in [0.05, 0.1) is 12.5 Å². The summed E-state index contributed by atoms with van der Waals surface area (Å²) < 4.78 is 5.66. The van der Waals surface area contributed by atoms with Gasteiger partial charge in [-0.25, -0.2) is 0 Å². The molecule has 0 amide bonds. The number of fused-ring (bicyclic) bond motifs is 3. The van der Waals surface area contributed by atoms with Crippen molar-refractivity contribution in [3.8, 4) is 0 Å². The van der Waals surface area contributed by atoms with Gasteiger partial charge in [-0.2, -0.15) is 0 Å². The molecule has 3 rings (SSSR count). The van der Waals surface area contributed by atoms with Crippen LogP contribution in [0.1, 0.15) is 59.8 Å². The molecule has 3 fully saturated rings. The topological polar surface area (TPSA) is 46.5 Å². The molecular formula is C16H26O3. The van der Waals surface area contributed by atoms with Crippen LogP contribution in [0.5, 0.6) is 0 Å². The molecule has 3 aliphatic rings. The standard InChI is InChI=1S/C16H26O3/c1-14(2)10-5-8-16(4)11(9-13(18)19-16)15(10,3)7-6-12(14)17/h10-12,17H,5-9H2,1-4H3/t10-,11+,12-,15-,16+/m0/s1. The van der Waals surface area contributed by atoms with E-state index in [1.54, 1.807) is 0 Å². The van der Waals surface area contributed by atoms with E-state index in [0.29, 0.717) is 18.3 Å². The molecule has 108 valence electrons. The molecule has 0 radical (unpaired) electrons. The lowest BCUT2D eigenvalue weighted by atomic mass is 9.45. The Bertz CT molecular complexity index is 416. The Labute approximate surface area is 115 Å². The summed E-state index contributed by atoms with van der Waals surface area (Å²) in [6.07, 6.45) is 4.21. The molecule has 0 bridgehead atoms. The van der Waals surface area contributed by atoms with Gasteiger partial charge in [0.2, 0.25) is 0 Å². The summed E-state index contributed by atoms with van der Waals surface area (Å²) in [5.41, 5.74) is -0.192. The molecule has 0 aromatic rings. The van der Waals surface area contributed by atoms with Crippen molar-refractivity contribution in [3.63, 3.8) is 0 Å². The Morgan fingerprint density at radius 1 is 1.11 bits per heavy atom. The number of esters is 1. The molecule has 2 aliphatic carbocycles. The van der Waals surface area contributed by atoms with E-state index in [1.807, 2.05) is 0 Å². The van der Waals surface area contributed by atoms with Crippen molar-refractivity contribution in [2.24, 2.45) is 22.7 Å². The fourth-order valence-corrected chi connectivity index (χ4v) is 5.54. The van der Waals surface area contributed by atoms with E-state index >= 15 is 0 Å². The number of hydrogen-bond donors (Lipinski definition) is 1. The van der Waals surface area contributed by atoms with E-state index in [1.165, 1.54) is 0 Å². The van der Waals surface area contributed by atoms with Crippen molar-refractivity contribution in [2.75, 3.05) is 0 Å². The SMILES string of the molecule is CC1(C)[C@@H](O)CC[C@]2(C)[C@H]3CC(=O)O[C@]3(C)CC[C@@H]12. The largest absolute Gasteiger partial charge is 0.459 e. The number of carbonyl (C=O) groups excluding carboxylic acids is 1. The van der Waals surface area contributed by atoms with Crippen molar-refractivity contribution in [1.82, 2.24) is 0 Å². The van der Waals surface area contributed by atoms with Gasteiger partial charge in [-0.05, 0) is 49.4 Å². The molecule has 0 aromatic carbocycles. The molecule has 1 saturated heterocycles. The summed E-state index contributed by atoms with van der Waals surface area (Å²) in [4.78, 5) is 11.8. The second-order valence-electron chi connectivity index (χ2n) is 8.02. The van der Waals surface area contributed by atoms with Gasteiger partial charge in [-0.15, -0.1) is 0 Å². The highest BCUT2D eigenvalue weighted by atomic mass is 16.6. The lowest BCUT2D eigenvalue weighted by molar-refractivity contribution is -0.183. The predicted octanol–water partition coefficient (Wildman–Crippen LogP) is 2.91. The maximum absolute atomic E-state index is 11.8. The summed E-state index contributed by atoms with van der Waals surface area (Å²) in [6, 6.07) is 0. The minimum atomic E-state index is -0.263. The smallest absolute Gasteiger partial charge is 0.306 e. The summed E-state index contributed by atoms with van der Waals surface area (Å²) in [5.74, 6) is 0.771. The van der Waals surface area contributed by atoms with Crippen LogP contribution in [0.3, 0.4) is 0 Å². The fraction of sp³-hybridized carbons (Fsp3) is 0.938. The van der Waals surface area contributed by atoms with Crippen LogP contribution in [0.15, 0.2) is 0 Å². The van der Waals surface area contributed by atoms with E-state index in [9.17, 15) is 9.90 Å². The highest BCUT2D eigenvalue weighted by Gasteiger charge is 2.64. The van der Waals surface area contributed by atoms with Gasteiger partial charge in [-0.3, -0.25) is 4.79 Å². The van der Waals surface area contributed by atoms with Gasteiger partial charge in [0.15, 0.2) is 0 Å². The molecule has 5 atom stereocenters. The number of hydrogen-bond acceptors (Lipinski definition) is 3. The van der Waals surface area contributed by atoms with Crippen LogP contribution >= 0.6 is 0 Å². The van der Waals surface area contributed by atoms with Gasteiger partial charge in [0.25, 0.3) is 0 Å². The van der Waals surface area contributed by atoms with Crippen LogP contribution in [-0.4, -0.2) is 22.8 Å². The summed E-state index contributed by atoms with van der Waals surface area (Å²) in [5, 5.41) is 10.3. The lowest BCUT2D eigenvalue weighted by Gasteiger charge is -2.60. The van der Waals surface area contributed by atoms with Crippen LogP contribution < -0.4 is 0 Å². The molecule has 1 heterocycles. The third-order valence-corrected chi connectivity index (χ3v) is 6.69. The first kappa shape index (κ1) is 13.4. The average Bonchev–Trinajstić information content (AvgIpc) is 2.61. The second kappa shape index (κ2) is 3.75. The van der Waals surface area contributed by atoms with E-state index in [0.717, 1.165) is 25.7 Å². The molecule has 19 heavy (non-hydrogen) atoms. The first-order valence-corrected chi connectivity index (χ1v) is 7.60. The minimum Gasteiger partial charge on any atom is -0.459 e. The van der Waals surface area contributed by atoms with Gasteiger partial charge in [0, 0.05) is 5.92 Å². The van der Waals surface area contributed by atoms with Crippen molar-refractivity contribution in [3.05, 3.63) is 0 Å². The minimum absolute atomic E-state index is 0.0293. The van der Waals surface area contributed by atoms with Gasteiger partial charge in [0.1, 0.15) is 5.60 Å². The van der Waals surface area contributed by atoms with E-state index in [4.69, 9.17) is 4.74 Å². The van der Waals surface area contributed by atoms with Crippen LogP contribution in [0.4, 0.5) is 0 Å². The normalized spacial score (nSPS) is 52.3. The monoisotopic (exact) mass is 266 g/mol. The zero-order valence-corrected chi connectivity index (χ0v) is 12.5. The number of rotatable bonds is 0. The maximum Gasteiger partial charge on any atom is 0.306 e. The highest BCUT2D eigenvalue weighted by molar-refractivity contribution is 5.73. The molecule has 1 aliphatic heterocycles. The Kier molecular flexibility index (Phi) is 2.65. The molecule has 3 heteroatoms. The fourth-order valence-electron chi connectivity index (χ4n) is 5.54. The first-order chi connectivity index (χ1) is 8.70. The molecule has 3 nitrogen and oxygen atoms in total. The van der Waals surface area contributed by atoms with Crippen LogP contribution in [0, 0.1) is 22.7 Å². The molecular weight excluding hydrogens is 240 g/mol. The van der Waals surface area contributed by atoms with E-state index in [-0.39, 0.29) is 28.5 Å². The third-order valence-electron chi connectivity index (χ3n) is 6.69. The summed E-state index contributed by atoms with van der Waals surface area (Å²) >= 11 is 0. The zero-order valence-electron chi connectivity index (χ0n) is 12.5. The number of carbonyl (C=O) groups is 1. The number of aliphatic hydroxyl groups excluding tert-OH is 1. The maximum atomic E-state index is 11.8. The quantitative estimate of drug-likeness (QED) is 0.686. The molecule has 0 unspecified atom stereocenters. The number of aliphatic hydroxyl groups is 1. The van der Waals surface area contributed by atoms with Gasteiger partial charge < -0.3 is 9.84 Å². The van der Waals surface area contributed by atoms with Crippen LogP contribution in [0.25, 0.3) is 0 Å². The number of ether oxygens (including phenoxy) is 1. The zero-order chi connectivity index (χ0) is 14.1.